The predicted octanol–water partition coefficient (Wildman–Crippen LogP) is 2.37. The maximum Gasteiger partial charge on any atom is 0.166 e. The maximum atomic E-state index is 5.88. The molecule has 0 spiro atoms. The summed E-state index contributed by atoms with van der Waals surface area (Å²) in [5, 5.41) is 7.65. The van der Waals surface area contributed by atoms with Crippen molar-refractivity contribution in [3.8, 4) is 0 Å². The van der Waals surface area contributed by atoms with Crippen LogP contribution in [0.4, 0.5) is 0 Å². The second-order valence-corrected chi connectivity index (χ2v) is 4.01. The number of hydrogen-bond donors (Lipinski definition) is 2. The van der Waals surface area contributed by atoms with Crippen LogP contribution in [-0.2, 0) is 6.42 Å². The van der Waals surface area contributed by atoms with Gasteiger partial charge in [-0.2, -0.15) is 0 Å². The Morgan fingerprint density at radius 1 is 1.40 bits per heavy atom. The highest BCUT2D eigenvalue weighted by Crippen LogP contribution is 2.10. The van der Waals surface area contributed by atoms with Crippen LogP contribution < -0.4 is 10.6 Å². The smallest absolute Gasteiger partial charge is 0.166 e. The van der Waals surface area contributed by atoms with Crippen molar-refractivity contribution >= 4 is 28.9 Å². The van der Waals surface area contributed by atoms with Crippen molar-refractivity contribution in [3.05, 3.63) is 34.9 Å². The number of hydrogen-bond acceptors (Lipinski definition) is 1. The Balaban J connectivity index is 2.28. The second-order valence-electron chi connectivity index (χ2n) is 3.17. The third-order valence-corrected chi connectivity index (χ3v) is 2.45. The van der Waals surface area contributed by atoms with E-state index in [1.165, 1.54) is 5.56 Å². The standard InChI is InChI=1S/C11H15ClN2S/c1-2-13-11(15)14-7-6-9-4-3-5-10(12)8-9/h3-5,8H,2,6-7H2,1H3,(H2,13,14,15). The molecule has 0 unspecified atom stereocenters. The fraction of sp³-hybridized carbons (Fsp3) is 0.364. The van der Waals surface area contributed by atoms with Gasteiger partial charge in [-0.15, -0.1) is 0 Å². The van der Waals surface area contributed by atoms with Crippen LogP contribution in [0.25, 0.3) is 0 Å². The van der Waals surface area contributed by atoms with E-state index >= 15 is 0 Å². The van der Waals surface area contributed by atoms with Gasteiger partial charge < -0.3 is 10.6 Å². The molecule has 0 fully saturated rings. The largest absolute Gasteiger partial charge is 0.363 e. The first-order valence-corrected chi connectivity index (χ1v) is 5.77. The zero-order chi connectivity index (χ0) is 11.1. The van der Waals surface area contributed by atoms with Gasteiger partial charge in [-0.1, -0.05) is 23.7 Å². The van der Waals surface area contributed by atoms with Crippen LogP contribution in [0.15, 0.2) is 24.3 Å². The average Bonchev–Trinajstić information content (AvgIpc) is 2.18. The van der Waals surface area contributed by atoms with Crippen molar-refractivity contribution in [3.63, 3.8) is 0 Å². The molecule has 0 bridgehead atoms. The number of thiocarbonyl (C=S) groups is 1. The summed E-state index contributed by atoms with van der Waals surface area (Å²) >= 11 is 10.9. The van der Waals surface area contributed by atoms with E-state index in [4.69, 9.17) is 23.8 Å². The molecule has 1 aromatic carbocycles. The highest BCUT2D eigenvalue weighted by Gasteiger charge is 1.95. The molecule has 0 saturated heterocycles. The summed E-state index contributed by atoms with van der Waals surface area (Å²) in [7, 11) is 0. The molecule has 0 saturated carbocycles. The van der Waals surface area contributed by atoms with Gasteiger partial charge in [0, 0.05) is 18.1 Å². The van der Waals surface area contributed by atoms with Gasteiger partial charge in [0.15, 0.2) is 5.11 Å². The first-order valence-electron chi connectivity index (χ1n) is 4.98. The SMILES string of the molecule is CCNC(=S)NCCc1cccc(Cl)c1. The Morgan fingerprint density at radius 2 is 2.20 bits per heavy atom. The first-order chi connectivity index (χ1) is 7.22. The Labute approximate surface area is 101 Å². The molecular formula is C11H15ClN2S. The van der Waals surface area contributed by atoms with Crippen LogP contribution in [-0.4, -0.2) is 18.2 Å². The van der Waals surface area contributed by atoms with E-state index in [0.29, 0.717) is 5.11 Å². The second kappa shape index (κ2) is 6.64. The van der Waals surface area contributed by atoms with Gasteiger partial charge >= 0.3 is 0 Å². The number of nitrogens with one attached hydrogen (secondary N) is 2. The highest BCUT2D eigenvalue weighted by atomic mass is 35.5. The summed E-state index contributed by atoms with van der Waals surface area (Å²) in [5.74, 6) is 0. The van der Waals surface area contributed by atoms with E-state index in [-0.39, 0.29) is 0 Å². The molecule has 0 atom stereocenters. The third-order valence-electron chi connectivity index (χ3n) is 1.93. The summed E-state index contributed by atoms with van der Waals surface area (Å²) < 4.78 is 0. The first kappa shape index (κ1) is 12.3. The molecule has 1 rings (SSSR count). The van der Waals surface area contributed by atoms with Gasteiger partial charge in [0.25, 0.3) is 0 Å². The van der Waals surface area contributed by atoms with Gasteiger partial charge in [-0.05, 0) is 43.3 Å². The van der Waals surface area contributed by atoms with Gasteiger partial charge in [-0.3, -0.25) is 0 Å². The molecule has 0 aliphatic carbocycles. The van der Waals surface area contributed by atoms with E-state index in [9.17, 15) is 0 Å². The quantitative estimate of drug-likeness (QED) is 0.793. The van der Waals surface area contributed by atoms with Gasteiger partial charge in [0.2, 0.25) is 0 Å². The van der Waals surface area contributed by atoms with Crippen LogP contribution >= 0.6 is 23.8 Å². The summed E-state index contributed by atoms with van der Waals surface area (Å²) in [5.41, 5.74) is 1.22. The number of halogens is 1. The Kier molecular flexibility index (Phi) is 5.43. The lowest BCUT2D eigenvalue weighted by atomic mass is 10.1. The summed E-state index contributed by atoms with van der Waals surface area (Å²) in [6.07, 6.45) is 0.923. The van der Waals surface area contributed by atoms with Crippen LogP contribution in [0.1, 0.15) is 12.5 Å². The normalized spacial score (nSPS) is 9.73. The minimum Gasteiger partial charge on any atom is -0.363 e. The summed E-state index contributed by atoms with van der Waals surface area (Å²) in [6.45, 7) is 3.69. The zero-order valence-electron chi connectivity index (χ0n) is 8.72. The molecule has 0 aromatic heterocycles. The lowest BCUT2D eigenvalue weighted by Crippen LogP contribution is -2.36. The molecule has 0 aliphatic heterocycles. The predicted molar refractivity (Wildman–Crippen MR) is 69.4 cm³/mol. The average molecular weight is 243 g/mol. The molecule has 0 radical (unpaired) electrons. The molecule has 82 valence electrons. The van der Waals surface area contributed by atoms with Crippen molar-refractivity contribution < 1.29 is 0 Å². The fourth-order valence-corrected chi connectivity index (χ4v) is 1.70. The minimum absolute atomic E-state index is 0.708. The lowest BCUT2D eigenvalue weighted by Gasteiger charge is -2.08. The molecular weight excluding hydrogens is 228 g/mol. The maximum absolute atomic E-state index is 5.88. The Morgan fingerprint density at radius 3 is 2.87 bits per heavy atom. The van der Waals surface area contributed by atoms with E-state index in [1.807, 2.05) is 25.1 Å². The molecule has 4 heteroatoms. The topological polar surface area (TPSA) is 24.1 Å². The fourth-order valence-electron chi connectivity index (χ4n) is 1.24. The molecule has 0 amide bonds. The van der Waals surface area contributed by atoms with Crippen LogP contribution in [0.3, 0.4) is 0 Å². The molecule has 0 aliphatic rings. The third kappa shape index (κ3) is 5.00. The summed E-state index contributed by atoms with van der Waals surface area (Å²) in [4.78, 5) is 0. The van der Waals surface area contributed by atoms with Gasteiger partial charge in [-0.25, -0.2) is 0 Å². The molecule has 1 aromatic rings. The van der Waals surface area contributed by atoms with Crippen LogP contribution in [0.5, 0.6) is 0 Å². The highest BCUT2D eigenvalue weighted by molar-refractivity contribution is 7.80. The summed E-state index contributed by atoms with van der Waals surface area (Å²) in [6, 6.07) is 7.87. The zero-order valence-corrected chi connectivity index (χ0v) is 10.3. The van der Waals surface area contributed by atoms with E-state index < -0.39 is 0 Å². The number of benzene rings is 1. The minimum atomic E-state index is 0.708. The Hall–Kier alpha value is -0.800. The van der Waals surface area contributed by atoms with Crippen molar-refractivity contribution in [2.24, 2.45) is 0 Å². The Bertz CT molecular complexity index is 328. The van der Waals surface area contributed by atoms with Crippen LogP contribution in [0, 0.1) is 0 Å². The van der Waals surface area contributed by atoms with Crippen molar-refractivity contribution in [1.82, 2.24) is 10.6 Å². The molecule has 2 N–H and O–H groups in total. The van der Waals surface area contributed by atoms with Crippen molar-refractivity contribution in [1.29, 1.82) is 0 Å². The monoisotopic (exact) mass is 242 g/mol. The molecule has 2 nitrogen and oxygen atoms in total. The van der Waals surface area contributed by atoms with Crippen LogP contribution in [0.2, 0.25) is 5.02 Å². The lowest BCUT2D eigenvalue weighted by molar-refractivity contribution is 0.829. The number of rotatable bonds is 4. The van der Waals surface area contributed by atoms with Crippen molar-refractivity contribution in [2.45, 2.75) is 13.3 Å². The van der Waals surface area contributed by atoms with E-state index in [0.717, 1.165) is 24.5 Å². The van der Waals surface area contributed by atoms with Gasteiger partial charge in [0.1, 0.15) is 0 Å². The molecule has 0 heterocycles. The molecule has 15 heavy (non-hydrogen) atoms. The van der Waals surface area contributed by atoms with Gasteiger partial charge in [0.05, 0.1) is 0 Å². The van der Waals surface area contributed by atoms with E-state index in [2.05, 4.69) is 16.7 Å². The van der Waals surface area contributed by atoms with Crippen molar-refractivity contribution in [2.75, 3.05) is 13.1 Å². The van der Waals surface area contributed by atoms with E-state index in [1.54, 1.807) is 0 Å².